The van der Waals surface area contributed by atoms with Crippen molar-refractivity contribution in [3.8, 4) is 0 Å². The lowest BCUT2D eigenvalue weighted by atomic mass is 10.3. The third-order valence-corrected chi connectivity index (χ3v) is 2.83. The number of halogens is 1. The first-order chi connectivity index (χ1) is 6.69. The second kappa shape index (κ2) is 5.12. The summed E-state index contributed by atoms with van der Waals surface area (Å²) in [5.74, 6) is -0.638. The van der Waals surface area contributed by atoms with E-state index in [1.165, 1.54) is 0 Å². The second-order valence-electron chi connectivity index (χ2n) is 2.44. The zero-order valence-corrected chi connectivity index (χ0v) is 9.15. The lowest BCUT2D eigenvalue weighted by Gasteiger charge is -1.96. The van der Waals surface area contributed by atoms with Gasteiger partial charge in [0.15, 0.2) is 5.78 Å². The van der Waals surface area contributed by atoms with Crippen molar-refractivity contribution in [2.75, 3.05) is 12.5 Å². The van der Waals surface area contributed by atoms with Crippen LogP contribution in [0.1, 0.15) is 26.3 Å². The number of thiophene rings is 1. The standard InChI is InChI=1S/C9H9ClO3S/c1-2-13-9(12)8-4-3-7(14-8)6(11)5-10/h3-4H,2,5H2,1H3. The van der Waals surface area contributed by atoms with Crippen LogP contribution in [0, 0.1) is 0 Å². The SMILES string of the molecule is CCOC(=O)c1ccc(C(=O)CCl)s1. The van der Waals surface area contributed by atoms with Crippen molar-refractivity contribution in [3.05, 3.63) is 21.9 Å². The van der Waals surface area contributed by atoms with Gasteiger partial charge in [0.05, 0.1) is 17.4 Å². The summed E-state index contributed by atoms with van der Waals surface area (Å²) >= 11 is 6.48. The van der Waals surface area contributed by atoms with E-state index in [1.54, 1.807) is 19.1 Å². The first kappa shape index (κ1) is 11.2. The maximum Gasteiger partial charge on any atom is 0.348 e. The van der Waals surface area contributed by atoms with Gasteiger partial charge in [-0.2, -0.15) is 0 Å². The van der Waals surface area contributed by atoms with Gasteiger partial charge in [0.2, 0.25) is 0 Å². The fourth-order valence-electron chi connectivity index (χ4n) is 0.866. The number of carbonyl (C=O) groups is 2. The van der Waals surface area contributed by atoms with Crippen molar-refractivity contribution in [1.82, 2.24) is 0 Å². The predicted octanol–water partition coefficient (Wildman–Crippen LogP) is 2.35. The van der Waals surface area contributed by atoms with Crippen LogP contribution in [0.4, 0.5) is 0 Å². The van der Waals surface area contributed by atoms with Crippen molar-refractivity contribution in [1.29, 1.82) is 0 Å². The van der Waals surface area contributed by atoms with Gasteiger partial charge >= 0.3 is 5.97 Å². The molecule has 5 heteroatoms. The minimum Gasteiger partial charge on any atom is -0.462 e. The Kier molecular flexibility index (Phi) is 4.10. The molecule has 0 unspecified atom stereocenters. The van der Waals surface area contributed by atoms with E-state index in [1.807, 2.05) is 0 Å². The van der Waals surface area contributed by atoms with Crippen molar-refractivity contribution < 1.29 is 14.3 Å². The van der Waals surface area contributed by atoms with Crippen LogP contribution < -0.4 is 0 Å². The molecule has 0 saturated heterocycles. The molecular formula is C9H9ClO3S. The average Bonchev–Trinajstić information content (AvgIpc) is 2.66. The zero-order valence-electron chi connectivity index (χ0n) is 7.58. The molecule has 76 valence electrons. The monoisotopic (exact) mass is 232 g/mol. The largest absolute Gasteiger partial charge is 0.462 e. The highest BCUT2D eigenvalue weighted by Gasteiger charge is 2.13. The number of rotatable bonds is 4. The molecule has 1 aromatic heterocycles. The molecule has 0 aliphatic rings. The van der Waals surface area contributed by atoms with Crippen LogP contribution >= 0.6 is 22.9 Å². The minimum atomic E-state index is -0.397. The number of ether oxygens (including phenoxy) is 1. The molecule has 0 bridgehead atoms. The minimum absolute atomic E-state index is 0.0667. The number of esters is 1. The third-order valence-electron chi connectivity index (χ3n) is 1.48. The van der Waals surface area contributed by atoms with E-state index < -0.39 is 5.97 Å². The number of hydrogen-bond donors (Lipinski definition) is 0. The van der Waals surface area contributed by atoms with Gasteiger partial charge in [-0.15, -0.1) is 22.9 Å². The molecule has 0 spiro atoms. The summed E-state index contributed by atoms with van der Waals surface area (Å²) in [6, 6.07) is 3.16. The van der Waals surface area contributed by atoms with E-state index in [4.69, 9.17) is 16.3 Å². The highest BCUT2D eigenvalue weighted by molar-refractivity contribution is 7.16. The first-order valence-corrected chi connectivity index (χ1v) is 5.40. The molecule has 0 N–H and O–H groups in total. The Labute approximate surface area is 90.6 Å². The van der Waals surface area contributed by atoms with Gasteiger partial charge in [0.1, 0.15) is 4.88 Å². The van der Waals surface area contributed by atoms with Crippen LogP contribution in [0.5, 0.6) is 0 Å². The van der Waals surface area contributed by atoms with Crippen LogP contribution in [0.3, 0.4) is 0 Å². The average molecular weight is 233 g/mol. The first-order valence-electron chi connectivity index (χ1n) is 4.05. The summed E-state index contributed by atoms with van der Waals surface area (Å²) in [6.07, 6.45) is 0. The molecule has 0 radical (unpaired) electrons. The van der Waals surface area contributed by atoms with Crippen molar-refractivity contribution >= 4 is 34.7 Å². The van der Waals surface area contributed by atoms with Crippen LogP contribution in [-0.2, 0) is 4.74 Å². The highest BCUT2D eigenvalue weighted by Crippen LogP contribution is 2.18. The Morgan fingerprint density at radius 3 is 2.64 bits per heavy atom. The van der Waals surface area contributed by atoms with E-state index in [-0.39, 0.29) is 11.7 Å². The Hall–Kier alpha value is -0.870. The summed E-state index contributed by atoms with van der Waals surface area (Å²) in [6.45, 7) is 2.06. The van der Waals surface area contributed by atoms with Gasteiger partial charge in [-0.25, -0.2) is 4.79 Å². The topological polar surface area (TPSA) is 43.4 Å². The lowest BCUT2D eigenvalue weighted by molar-refractivity contribution is 0.0532. The van der Waals surface area contributed by atoms with Crippen molar-refractivity contribution in [2.45, 2.75) is 6.92 Å². The molecule has 1 heterocycles. The van der Waals surface area contributed by atoms with Gasteiger partial charge in [-0.1, -0.05) is 0 Å². The molecule has 1 aromatic rings. The molecule has 0 saturated carbocycles. The molecule has 0 atom stereocenters. The smallest absolute Gasteiger partial charge is 0.348 e. The summed E-state index contributed by atoms with van der Waals surface area (Å²) in [7, 11) is 0. The van der Waals surface area contributed by atoms with Crippen LogP contribution in [-0.4, -0.2) is 24.2 Å². The summed E-state index contributed by atoms with van der Waals surface area (Å²) in [5, 5.41) is 0. The fraction of sp³-hybridized carbons (Fsp3) is 0.333. The number of hydrogen-bond acceptors (Lipinski definition) is 4. The Morgan fingerprint density at radius 1 is 1.43 bits per heavy atom. The van der Waals surface area contributed by atoms with E-state index >= 15 is 0 Å². The van der Waals surface area contributed by atoms with Gasteiger partial charge < -0.3 is 4.74 Å². The number of Topliss-reactive ketones (excluding diaryl/α,β-unsaturated/α-hetero) is 1. The maximum absolute atomic E-state index is 11.2. The van der Waals surface area contributed by atoms with E-state index in [9.17, 15) is 9.59 Å². The number of carbonyl (C=O) groups excluding carboxylic acids is 2. The second-order valence-corrected chi connectivity index (χ2v) is 3.79. The number of ketones is 1. The van der Waals surface area contributed by atoms with E-state index in [2.05, 4.69) is 0 Å². The summed E-state index contributed by atoms with van der Waals surface area (Å²) in [4.78, 5) is 23.3. The highest BCUT2D eigenvalue weighted by atomic mass is 35.5. The summed E-state index contributed by atoms with van der Waals surface area (Å²) in [5.41, 5.74) is 0. The van der Waals surface area contributed by atoms with Crippen LogP contribution in [0.15, 0.2) is 12.1 Å². The molecule has 14 heavy (non-hydrogen) atoms. The number of alkyl halides is 1. The molecule has 0 amide bonds. The van der Waals surface area contributed by atoms with Crippen LogP contribution in [0.25, 0.3) is 0 Å². The quantitative estimate of drug-likeness (QED) is 0.455. The van der Waals surface area contributed by atoms with Gasteiger partial charge in [-0.05, 0) is 19.1 Å². The predicted molar refractivity (Wildman–Crippen MR) is 55.3 cm³/mol. The molecule has 1 rings (SSSR count). The Balaban J connectivity index is 2.77. The molecule has 0 aliphatic carbocycles. The van der Waals surface area contributed by atoms with Gasteiger partial charge in [0.25, 0.3) is 0 Å². The van der Waals surface area contributed by atoms with Crippen LogP contribution in [0.2, 0.25) is 0 Å². The Morgan fingerprint density at radius 2 is 2.07 bits per heavy atom. The molecule has 0 fully saturated rings. The van der Waals surface area contributed by atoms with Gasteiger partial charge in [0, 0.05) is 0 Å². The third kappa shape index (κ3) is 2.56. The Bertz CT molecular complexity index is 346. The fourth-order valence-corrected chi connectivity index (χ4v) is 1.93. The normalized spacial score (nSPS) is 9.86. The van der Waals surface area contributed by atoms with Crippen molar-refractivity contribution in [2.24, 2.45) is 0 Å². The zero-order chi connectivity index (χ0) is 10.6. The maximum atomic E-state index is 11.2. The summed E-state index contributed by atoms with van der Waals surface area (Å²) < 4.78 is 4.78. The van der Waals surface area contributed by atoms with Gasteiger partial charge in [-0.3, -0.25) is 4.79 Å². The molecule has 3 nitrogen and oxygen atoms in total. The lowest BCUT2D eigenvalue weighted by Crippen LogP contribution is -2.01. The van der Waals surface area contributed by atoms with E-state index in [0.717, 1.165) is 11.3 Å². The van der Waals surface area contributed by atoms with E-state index in [0.29, 0.717) is 16.4 Å². The molecular weight excluding hydrogens is 224 g/mol. The van der Waals surface area contributed by atoms with Crippen molar-refractivity contribution in [3.63, 3.8) is 0 Å². The molecule has 0 aliphatic heterocycles. The molecule has 0 aromatic carbocycles.